The van der Waals surface area contributed by atoms with E-state index in [2.05, 4.69) is 30.5 Å². The lowest BCUT2D eigenvalue weighted by Crippen LogP contribution is -2.46. The molecule has 2 aromatic heterocycles. The third-order valence-corrected chi connectivity index (χ3v) is 3.88. The number of hydrogen-bond acceptors (Lipinski definition) is 6. The zero-order valence-electron chi connectivity index (χ0n) is 13.5. The van der Waals surface area contributed by atoms with Crippen LogP contribution in [0.4, 0.5) is 16.4 Å². The van der Waals surface area contributed by atoms with Crippen molar-refractivity contribution < 1.29 is 9.53 Å². The van der Waals surface area contributed by atoms with Crippen molar-refractivity contribution in [3.05, 3.63) is 36.8 Å². The number of hydrogen-bond donors (Lipinski definition) is 2. The van der Waals surface area contributed by atoms with Gasteiger partial charge in [0.15, 0.2) is 0 Å². The quantitative estimate of drug-likeness (QED) is 0.887. The number of carbonyl (C=O) groups is 1. The van der Waals surface area contributed by atoms with Gasteiger partial charge in [-0.15, -0.1) is 0 Å². The highest BCUT2D eigenvalue weighted by Crippen LogP contribution is 2.20. The summed E-state index contributed by atoms with van der Waals surface area (Å²) in [5, 5.41) is 5.77. The second kappa shape index (κ2) is 7.58. The van der Waals surface area contributed by atoms with E-state index in [0.29, 0.717) is 11.6 Å². The molecule has 0 aliphatic carbocycles. The Morgan fingerprint density at radius 3 is 2.58 bits per heavy atom. The van der Waals surface area contributed by atoms with Gasteiger partial charge in [-0.25, -0.2) is 19.7 Å². The highest BCUT2D eigenvalue weighted by atomic mass is 16.5. The fourth-order valence-electron chi connectivity index (χ4n) is 2.67. The lowest BCUT2D eigenvalue weighted by atomic mass is 10.1. The summed E-state index contributed by atoms with van der Waals surface area (Å²) in [6.45, 7) is 1.62. The number of nitrogens with one attached hydrogen (secondary N) is 2. The minimum absolute atomic E-state index is 0.118. The van der Waals surface area contributed by atoms with E-state index in [9.17, 15) is 4.79 Å². The summed E-state index contributed by atoms with van der Waals surface area (Å²) in [6.07, 6.45) is 6.78. The lowest BCUT2D eigenvalue weighted by molar-refractivity contribution is 0.245. The molecule has 0 unspecified atom stereocenters. The molecule has 0 saturated carbocycles. The van der Waals surface area contributed by atoms with Crippen LogP contribution in [0.25, 0.3) is 0 Å². The Morgan fingerprint density at radius 2 is 1.88 bits per heavy atom. The van der Waals surface area contributed by atoms with E-state index in [-0.39, 0.29) is 12.1 Å². The highest BCUT2D eigenvalue weighted by molar-refractivity contribution is 5.90. The normalized spacial score (nSPS) is 15.0. The topological polar surface area (TPSA) is 92.3 Å². The maximum atomic E-state index is 12.2. The van der Waals surface area contributed by atoms with E-state index in [0.717, 1.165) is 31.9 Å². The van der Waals surface area contributed by atoms with Gasteiger partial charge in [0.05, 0.1) is 7.11 Å². The first-order chi connectivity index (χ1) is 11.8. The predicted octanol–water partition coefficient (Wildman–Crippen LogP) is 1.67. The predicted molar refractivity (Wildman–Crippen MR) is 90.2 cm³/mol. The van der Waals surface area contributed by atoms with Gasteiger partial charge < -0.3 is 20.3 Å². The average molecular weight is 328 g/mol. The maximum absolute atomic E-state index is 12.2. The molecule has 8 nitrogen and oxygen atoms in total. The van der Waals surface area contributed by atoms with Gasteiger partial charge in [0, 0.05) is 37.7 Å². The Bertz CT molecular complexity index is 673. The van der Waals surface area contributed by atoms with Crippen LogP contribution in [0.1, 0.15) is 12.8 Å². The number of methoxy groups -OCH3 is 1. The molecule has 0 aromatic carbocycles. The van der Waals surface area contributed by atoms with Crippen molar-refractivity contribution in [3.8, 4) is 5.88 Å². The Kier molecular flexibility index (Phi) is 5.05. The molecule has 126 valence electrons. The number of anilines is 2. The molecule has 3 heterocycles. The Balaban J connectivity index is 1.50. The Hall–Kier alpha value is -2.90. The smallest absolute Gasteiger partial charge is 0.319 e. The molecule has 1 aliphatic heterocycles. The lowest BCUT2D eigenvalue weighted by Gasteiger charge is -2.32. The van der Waals surface area contributed by atoms with E-state index < -0.39 is 0 Å². The number of aromatic nitrogens is 3. The van der Waals surface area contributed by atoms with Crippen LogP contribution in [0.5, 0.6) is 5.88 Å². The van der Waals surface area contributed by atoms with E-state index in [1.54, 1.807) is 36.8 Å². The van der Waals surface area contributed by atoms with Crippen molar-refractivity contribution in [1.29, 1.82) is 0 Å². The average Bonchev–Trinajstić information content (AvgIpc) is 2.63. The van der Waals surface area contributed by atoms with Gasteiger partial charge in [0.25, 0.3) is 0 Å². The van der Waals surface area contributed by atoms with Gasteiger partial charge in [-0.05, 0) is 31.0 Å². The second-order valence-corrected chi connectivity index (χ2v) is 5.47. The van der Waals surface area contributed by atoms with Crippen LogP contribution in [0.3, 0.4) is 0 Å². The van der Waals surface area contributed by atoms with Gasteiger partial charge in [0.2, 0.25) is 11.8 Å². The zero-order chi connectivity index (χ0) is 16.8. The van der Waals surface area contributed by atoms with Crippen molar-refractivity contribution in [2.45, 2.75) is 18.9 Å². The first-order valence-electron chi connectivity index (χ1n) is 7.85. The second-order valence-electron chi connectivity index (χ2n) is 5.47. The van der Waals surface area contributed by atoms with Crippen LogP contribution in [0, 0.1) is 0 Å². The molecular weight excluding hydrogens is 308 g/mol. The van der Waals surface area contributed by atoms with Crippen molar-refractivity contribution in [2.24, 2.45) is 0 Å². The number of piperidine rings is 1. The van der Waals surface area contributed by atoms with E-state index in [1.807, 2.05) is 0 Å². The largest absolute Gasteiger partial charge is 0.480 e. The van der Waals surface area contributed by atoms with Crippen molar-refractivity contribution in [1.82, 2.24) is 20.3 Å². The third kappa shape index (κ3) is 3.89. The van der Waals surface area contributed by atoms with E-state index >= 15 is 0 Å². The molecule has 3 rings (SSSR count). The number of ether oxygens (including phenoxy) is 1. The Labute approximate surface area is 140 Å². The molecular formula is C16H20N6O2. The molecule has 0 atom stereocenters. The minimum atomic E-state index is -0.254. The third-order valence-electron chi connectivity index (χ3n) is 3.88. The summed E-state index contributed by atoms with van der Waals surface area (Å²) in [7, 11) is 1.52. The van der Waals surface area contributed by atoms with Crippen molar-refractivity contribution in [2.75, 3.05) is 30.4 Å². The monoisotopic (exact) mass is 328 g/mol. The molecule has 0 bridgehead atoms. The fourth-order valence-corrected chi connectivity index (χ4v) is 2.67. The molecule has 2 aromatic rings. The van der Waals surface area contributed by atoms with Gasteiger partial charge in [0.1, 0.15) is 5.69 Å². The summed E-state index contributed by atoms with van der Waals surface area (Å²) in [5.41, 5.74) is 0.549. The molecule has 24 heavy (non-hydrogen) atoms. The van der Waals surface area contributed by atoms with Crippen LogP contribution in [-0.2, 0) is 0 Å². The number of pyridine rings is 1. The van der Waals surface area contributed by atoms with Gasteiger partial charge in [-0.3, -0.25) is 0 Å². The summed E-state index contributed by atoms with van der Waals surface area (Å²) < 4.78 is 5.13. The number of carbonyl (C=O) groups excluding carboxylic acids is 1. The molecule has 2 N–H and O–H groups in total. The maximum Gasteiger partial charge on any atom is 0.319 e. The Morgan fingerprint density at radius 1 is 1.17 bits per heavy atom. The molecule has 8 heteroatoms. The number of rotatable bonds is 4. The van der Waals surface area contributed by atoms with Crippen molar-refractivity contribution in [3.63, 3.8) is 0 Å². The molecule has 1 aliphatic rings. The van der Waals surface area contributed by atoms with E-state index in [1.165, 1.54) is 7.11 Å². The van der Waals surface area contributed by atoms with E-state index in [4.69, 9.17) is 4.74 Å². The van der Waals surface area contributed by atoms with Crippen LogP contribution in [0.15, 0.2) is 36.8 Å². The van der Waals surface area contributed by atoms with Crippen LogP contribution < -0.4 is 20.3 Å². The number of nitrogens with zero attached hydrogens (tertiary/aromatic N) is 4. The number of urea groups is 1. The summed E-state index contributed by atoms with van der Waals surface area (Å²) in [4.78, 5) is 26.9. The van der Waals surface area contributed by atoms with Crippen molar-refractivity contribution >= 4 is 17.7 Å². The minimum Gasteiger partial charge on any atom is -0.480 e. The van der Waals surface area contributed by atoms with Gasteiger partial charge in [-0.1, -0.05) is 0 Å². The van der Waals surface area contributed by atoms with Crippen LogP contribution >= 0.6 is 0 Å². The molecule has 0 radical (unpaired) electrons. The molecule has 1 fully saturated rings. The molecule has 1 saturated heterocycles. The molecule has 2 amide bonds. The summed E-state index contributed by atoms with van der Waals surface area (Å²) >= 11 is 0. The van der Waals surface area contributed by atoms with Crippen LogP contribution in [-0.4, -0.2) is 47.2 Å². The zero-order valence-corrected chi connectivity index (χ0v) is 13.5. The summed E-state index contributed by atoms with van der Waals surface area (Å²) in [5.74, 6) is 1.13. The number of amides is 2. The van der Waals surface area contributed by atoms with Crippen LogP contribution in [0.2, 0.25) is 0 Å². The first kappa shape index (κ1) is 16.0. The highest BCUT2D eigenvalue weighted by Gasteiger charge is 2.22. The standard InChI is InChI=1S/C16H20N6O2/c1-24-14-13(4-2-7-17-14)21-16(23)20-12-5-10-22(11-6-12)15-18-8-3-9-19-15/h2-4,7-9,12H,5-6,10-11H2,1H3,(H2,20,21,23). The van der Waals surface area contributed by atoms with Gasteiger partial charge in [-0.2, -0.15) is 0 Å². The first-order valence-corrected chi connectivity index (χ1v) is 7.85. The molecule has 0 spiro atoms. The fraction of sp³-hybridized carbons (Fsp3) is 0.375. The SMILES string of the molecule is COc1ncccc1NC(=O)NC1CCN(c2ncccn2)CC1. The van der Waals surface area contributed by atoms with Gasteiger partial charge >= 0.3 is 6.03 Å². The summed E-state index contributed by atoms with van der Waals surface area (Å²) in [6, 6.07) is 5.16.